The number of ether oxygens (including phenoxy) is 2. The predicted molar refractivity (Wildman–Crippen MR) is 131 cm³/mol. The van der Waals surface area contributed by atoms with E-state index in [0.29, 0.717) is 40.0 Å². The van der Waals surface area contributed by atoms with E-state index in [9.17, 15) is 5.11 Å². The molecular formula is C25H28BrCl2NO3. The van der Waals surface area contributed by atoms with Crippen LogP contribution in [0.2, 0.25) is 10.0 Å². The molecule has 0 saturated heterocycles. The monoisotopic (exact) mass is 539 g/mol. The Morgan fingerprint density at radius 2 is 1.88 bits per heavy atom. The van der Waals surface area contributed by atoms with Gasteiger partial charge in [-0.15, -0.1) is 0 Å². The molecule has 4 nitrogen and oxygen atoms in total. The summed E-state index contributed by atoms with van der Waals surface area (Å²) in [7, 11) is 1.65. The number of halogens is 3. The van der Waals surface area contributed by atoms with Gasteiger partial charge in [-0.3, -0.25) is 0 Å². The Bertz CT molecular complexity index is 1020. The highest BCUT2D eigenvalue weighted by Gasteiger charge is 2.56. The molecule has 4 bridgehead atoms. The quantitative estimate of drug-likeness (QED) is 0.420. The van der Waals surface area contributed by atoms with Crippen molar-refractivity contribution in [1.29, 1.82) is 0 Å². The predicted octanol–water partition coefficient (Wildman–Crippen LogP) is 6.52. The summed E-state index contributed by atoms with van der Waals surface area (Å²) >= 11 is 15.9. The molecule has 0 amide bonds. The lowest BCUT2D eigenvalue weighted by Gasteiger charge is -2.60. The smallest absolute Gasteiger partial charge is 0.175 e. The largest absolute Gasteiger partial charge is 0.493 e. The summed E-state index contributed by atoms with van der Waals surface area (Å²) in [5, 5.41) is 16.0. The van der Waals surface area contributed by atoms with Crippen LogP contribution in [0.25, 0.3) is 0 Å². The van der Waals surface area contributed by atoms with Gasteiger partial charge in [0.2, 0.25) is 0 Å². The van der Waals surface area contributed by atoms with Gasteiger partial charge in [0.05, 0.1) is 17.2 Å². The first-order valence-electron chi connectivity index (χ1n) is 11.2. The van der Waals surface area contributed by atoms with Crippen LogP contribution in [0.1, 0.15) is 49.7 Å². The molecule has 4 aliphatic carbocycles. The Balaban J connectivity index is 1.29. The van der Waals surface area contributed by atoms with Crippen LogP contribution >= 0.6 is 39.1 Å². The number of methoxy groups -OCH3 is 1. The van der Waals surface area contributed by atoms with Crippen LogP contribution in [0, 0.1) is 11.8 Å². The Morgan fingerprint density at radius 1 is 1.12 bits per heavy atom. The van der Waals surface area contributed by atoms with Crippen LogP contribution in [-0.4, -0.2) is 23.4 Å². The summed E-state index contributed by atoms with van der Waals surface area (Å²) in [5.74, 6) is 2.63. The Labute approximate surface area is 207 Å². The molecular weight excluding hydrogens is 513 g/mol. The molecule has 0 radical (unpaired) electrons. The van der Waals surface area contributed by atoms with E-state index >= 15 is 0 Å². The highest BCUT2D eigenvalue weighted by molar-refractivity contribution is 9.10. The molecule has 2 atom stereocenters. The fourth-order valence-corrected chi connectivity index (χ4v) is 7.58. The maximum absolute atomic E-state index is 11.0. The van der Waals surface area contributed by atoms with Crippen LogP contribution in [0.4, 0.5) is 0 Å². The van der Waals surface area contributed by atoms with Gasteiger partial charge in [-0.25, -0.2) is 0 Å². The van der Waals surface area contributed by atoms with Crippen LogP contribution in [0.15, 0.2) is 34.8 Å². The molecule has 4 saturated carbocycles. The summed E-state index contributed by atoms with van der Waals surface area (Å²) < 4.78 is 12.5. The number of nitrogens with one attached hydrogen (secondary N) is 1. The summed E-state index contributed by atoms with van der Waals surface area (Å²) in [6.07, 6.45) is 6.47. The number of rotatable bonds is 7. The van der Waals surface area contributed by atoms with Crippen molar-refractivity contribution in [3.8, 4) is 11.5 Å². The Hall–Kier alpha value is -0.980. The molecule has 7 heteroatoms. The van der Waals surface area contributed by atoms with E-state index in [1.54, 1.807) is 19.2 Å². The van der Waals surface area contributed by atoms with Crippen molar-refractivity contribution in [3.05, 3.63) is 56.0 Å². The Kier molecular flexibility index (Phi) is 6.17. The van der Waals surface area contributed by atoms with Gasteiger partial charge in [0, 0.05) is 27.7 Å². The van der Waals surface area contributed by atoms with Crippen molar-refractivity contribution in [2.24, 2.45) is 11.8 Å². The molecule has 6 rings (SSSR count). The molecule has 2 unspecified atom stereocenters. The summed E-state index contributed by atoms with van der Waals surface area (Å²) in [6, 6.07) is 9.47. The molecule has 2 aromatic rings. The van der Waals surface area contributed by atoms with Gasteiger partial charge in [0.25, 0.3) is 0 Å². The molecule has 0 heterocycles. The lowest BCUT2D eigenvalue weighted by Crippen LogP contribution is -2.64. The van der Waals surface area contributed by atoms with Crippen molar-refractivity contribution in [3.63, 3.8) is 0 Å². The van der Waals surface area contributed by atoms with Gasteiger partial charge in [-0.2, -0.15) is 0 Å². The van der Waals surface area contributed by atoms with Crippen molar-refractivity contribution in [2.75, 3.05) is 7.11 Å². The molecule has 2 aromatic carbocycles. The van der Waals surface area contributed by atoms with E-state index in [4.69, 9.17) is 32.7 Å². The Morgan fingerprint density at radius 3 is 2.53 bits per heavy atom. The van der Waals surface area contributed by atoms with Crippen LogP contribution in [-0.2, 0) is 13.2 Å². The SMILES string of the molecule is COc1cc(CNC23CC4CC(CC(O)(C4)C2)C3)cc(Br)c1OCc1ccc(Cl)cc1Cl. The highest BCUT2D eigenvalue weighted by atomic mass is 79.9. The van der Waals surface area contributed by atoms with E-state index in [1.807, 2.05) is 12.1 Å². The zero-order chi connectivity index (χ0) is 22.5. The van der Waals surface area contributed by atoms with Gasteiger partial charge < -0.3 is 19.9 Å². The minimum Gasteiger partial charge on any atom is -0.493 e. The van der Waals surface area contributed by atoms with Gasteiger partial charge in [0.15, 0.2) is 11.5 Å². The molecule has 0 aromatic heterocycles. The van der Waals surface area contributed by atoms with E-state index in [1.165, 1.54) is 19.3 Å². The number of benzene rings is 2. The van der Waals surface area contributed by atoms with E-state index in [2.05, 4.69) is 27.3 Å². The van der Waals surface area contributed by atoms with Gasteiger partial charge in [-0.1, -0.05) is 29.3 Å². The second kappa shape index (κ2) is 8.66. The lowest BCUT2D eigenvalue weighted by molar-refractivity contribution is -0.142. The second-order valence-electron chi connectivity index (χ2n) is 9.95. The maximum Gasteiger partial charge on any atom is 0.175 e. The molecule has 2 N–H and O–H groups in total. The van der Waals surface area contributed by atoms with Crippen molar-refractivity contribution in [2.45, 2.75) is 62.8 Å². The van der Waals surface area contributed by atoms with Crippen molar-refractivity contribution in [1.82, 2.24) is 5.32 Å². The van der Waals surface area contributed by atoms with Crippen LogP contribution in [0.5, 0.6) is 11.5 Å². The van der Waals surface area contributed by atoms with Gasteiger partial charge >= 0.3 is 0 Å². The van der Waals surface area contributed by atoms with Gasteiger partial charge in [0.1, 0.15) is 6.61 Å². The molecule has 0 spiro atoms. The van der Waals surface area contributed by atoms with E-state index in [0.717, 1.165) is 41.4 Å². The molecule has 4 aliphatic rings. The molecule has 32 heavy (non-hydrogen) atoms. The maximum atomic E-state index is 11.0. The molecule has 4 fully saturated rings. The topological polar surface area (TPSA) is 50.7 Å². The third-order valence-electron chi connectivity index (χ3n) is 7.37. The average molecular weight is 541 g/mol. The average Bonchev–Trinajstić information content (AvgIpc) is 2.70. The minimum atomic E-state index is -0.462. The van der Waals surface area contributed by atoms with Gasteiger partial charge in [-0.05, 0) is 96.1 Å². The summed E-state index contributed by atoms with van der Waals surface area (Å²) in [5.41, 5.74) is 1.57. The normalized spacial score (nSPS) is 30.5. The summed E-state index contributed by atoms with van der Waals surface area (Å²) in [6.45, 7) is 1.04. The molecule has 0 aliphatic heterocycles. The first kappa shape index (κ1) is 22.8. The van der Waals surface area contributed by atoms with E-state index in [-0.39, 0.29) is 5.54 Å². The fourth-order valence-electron chi connectivity index (χ4n) is 6.51. The standard InChI is InChI=1S/C25H28BrCl2NO3/c1-31-22-6-15(5-20(26)23(22)32-13-18-2-3-19(27)7-21(18)28)12-29-24-8-16-4-17(9-24)11-25(30,10-16)14-24/h2-3,5-7,16-17,29-30H,4,8-14H2,1H3. The summed E-state index contributed by atoms with van der Waals surface area (Å²) in [4.78, 5) is 0. The highest BCUT2D eigenvalue weighted by Crippen LogP contribution is 2.57. The van der Waals surface area contributed by atoms with Crippen LogP contribution in [0.3, 0.4) is 0 Å². The van der Waals surface area contributed by atoms with Crippen LogP contribution < -0.4 is 14.8 Å². The van der Waals surface area contributed by atoms with E-state index < -0.39 is 5.60 Å². The number of hydrogen-bond acceptors (Lipinski definition) is 4. The zero-order valence-corrected chi connectivity index (χ0v) is 21.2. The first-order chi connectivity index (χ1) is 15.3. The first-order valence-corrected chi connectivity index (χ1v) is 12.7. The van der Waals surface area contributed by atoms with Crippen molar-refractivity contribution < 1.29 is 14.6 Å². The third-order valence-corrected chi connectivity index (χ3v) is 8.55. The van der Waals surface area contributed by atoms with Crippen molar-refractivity contribution >= 4 is 39.1 Å². The molecule has 172 valence electrons. The number of hydrogen-bond donors (Lipinski definition) is 2. The fraction of sp³-hybridized carbons (Fsp3) is 0.520. The second-order valence-corrected chi connectivity index (χ2v) is 11.7. The minimum absolute atomic E-state index is 0.0546. The third kappa shape index (κ3) is 4.52. The number of aliphatic hydroxyl groups is 1. The lowest BCUT2D eigenvalue weighted by atomic mass is 9.51. The zero-order valence-electron chi connectivity index (χ0n) is 18.1.